The van der Waals surface area contributed by atoms with Crippen molar-refractivity contribution in [2.24, 2.45) is 0 Å². The second-order valence-electron chi connectivity index (χ2n) is 2.03. The first-order chi connectivity index (χ1) is 5.35. The van der Waals surface area contributed by atoms with Gasteiger partial charge in [-0.2, -0.15) is 0 Å². The van der Waals surface area contributed by atoms with Gasteiger partial charge in [-0.05, 0) is 0 Å². The predicted octanol–water partition coefficient (Wildman–Crippen LogP) is -1.75. The molecular weight excluding hydrogens is 186 g/mol. The molecule has 0 aliphatic carbocycles. The van der Waals surface area contributed by atoms with Crippen LogP contribution in [0.25, 0.3) is 0 Å². The number of hydrogen-bond acceptors (Lipinski definition) is 4. The second-order valence-corrected chi connectivity index (χ2v) is 3.78. The molecule has 0 aromatic rings. The van der Waals surface area contributed by atoms with E-state index in [9.17, 15) is 18.0 Å². The molecule has 0 aliphatic rings. The molecule has 2 N–H and O–H groups in total. The van der Waals surface area contributed by atoms with Gasteiger partial charge in [-0.3, -0.25) is 9.80 Å². The molecule has 7 nitrogen and oxygen atoms in total. The lowest BCUT2D eigenvalue weighted by atomic mass is 11.0. The number of nitrogens with one attached hydrogen (secondary N) is 2. The van der Waals surface area contributed by atoms with E-state index >= 15 is 0 Å². The van der Waals surface area contributed by atoms with Crippen LogP contribution in [0.3, 0.4) is 0 Å². The highest BCUT2D eigenvalue weighted by Crippen LogP contribution is 1.74. The second kappa shape index (κ2) is 3.90. The average molecular weight is 195 g/mol. The van der Waals surface area contributed by atoms with Crippen molar-refractivity contribution < 1.29 is 18.0 Å². The smallest absolute Gasteiger partial charge is 0.277 e. The predicted molar refractivity (Wildman–Crippen MR) is 40.3 cm³/mol. The number of carbonyl (C=O) groups is 2. The van der Waals surface area contributed by atoms with Gasteiger partial charge < -0.3 is 0 Å². The van der Waals surface area contributed by atoms with E-state index in [1.54, 1.807) is 4.72 Å². The number of urea groups is 1. The van der Waals surface area contributed by atoms with Crippen LogP contribution in [-0.2, 0) is 14.8 Å². The highest BCUT2D eigenvalue weighted by Gasteiger charge is 2.08. The van der Waals surface area contributed by atoms with Crippen LogP contribution in [0.1, 0.15) is 0 Å². The van der Waals surface area contributed by atoms with Gasteiger partial charge in [-0.15, -0.1) is 0 Å². The van der Waals surface area contributed by atoms with Gasteiger partial charge in [0.15, 0.2) is 0 Å². The van der Waals surface area contributed by atoms with E-state index in [1.807, 2.05) is 5.43 Å². The van der Waals surface area contributed by atoms with E-state index in [-0.39, 0.29) is 0 Å². The topological polar surface area (TPSA) is 95.6 Å². The monoisotopic (exact) mass is 195 g/mol. The molecule has 0 aliphatic heterocycles. The lowest BCUT2D eigenvalue weighted by Gasteiger charge is -2.11. The average Bonchev–Trinajstić information content (AvgIpc) is 1.82. The largest absolute Gasteiger partial charge is 0.347 e. The zero-order valence-electron chi connectivity index (χ0n) is 6.57. The number of carbonyl (C=O) groups excluding carboxylic acids is 2. The molecule has 3 amide bonds. The minimum absolute atomic E-state index is 0.321. The van der Waals surface area contributed by atoms with Crippen LogP contribution in [0, 0.1) is 0 Å². The molecule has 8 heteroatoms. The Morgan fingerprint density at radius 3 is 2.33 bits per heavy atom. The fraction of sp³-hybridized carbons (Fsp3) is 0.500. The zero-order valence-corrected chi connectivity index (χ0v) is 7.38. The van der Waals surface area contributed by atoms with Gasteiger partial charge in [-0.1, -0.05) is 0 Å². The van der Waals surface area contributed by atoms with Crippen molar-refractivity contribution in [3.05, 3.63) is 0 Å². The van der Waals surface area contributed by atoms with Crippen molar-refractivity contribution in [2.45, 2.75) is 0 Å². The number of hydrogen-bond donors (Lipinski definition) is 2. The summed E-state index contributed by atoms with van der Waals surface area (Å²) in [5.41, 5.74) is 1.92. The molecule has 0 fully saturated rings. The number of nitrogens with zero attached hydrogens (tertiary/aromatic N) is 1. The Balaban J connectivity index is 4.00. The zero-order chi connectivity index (χ0) is 9.78. The standard InChI is InChI=1S/C4H9N3O4S/c1-7(3-8)5-4(9)6-12(2,10)11/h3H,1-2H3,(H2,5,6,9). The molecule has 0 saturated carbocycles. The number of amides is 3. The molecule has 0 atom stereocenters. The van der Waals surface area contributed by atoms with E-state index in [2.05, 4.69) is 0 Å². The van der Waals surface area contributed by atoms with Crippen LogP contribution in [-0.4, -0.2) is 39.2 Å². The molecule has 0 aromatic heterocycles. The molecule has 12 heavy (non-hydrogen) atoms. The van der Waals surface area contributed by atoms with E-state index in [4.69, 9.17) is 0 Å². The highest BCUT2D eigenvalue weighted by atomic mass is 32.2. The van der Waals surface area contributed by atoms with Crippen LogP contribution >= 0.6 is 0 Å². The number of rotatable bonds is 3. The van der Waals surface area contributed by atoms with Crippen LogP contribution in [0.4, 0.5) is 4.79 Å². The number of hydrazine groups is 1. The lowest BCUT2D eigenvalue weighted by molar-refractivity contribution is -0.118. The summed E-state index contributed by atoms with van der Waals surface area (Å²) < 4.78 is 22.5. The first kappa shape index (κ1) is 10.7. The third-order valence-corrected chi connectivity index (χ3v) is 1.27. The Morgan fingerprint density at radius 2 is 2.00 bits per heavy atom. The molecule has 0 saturated heterocycles. The first-order valence-electron chi connectivity index (χ1n) is 2.81. The quantitative estimate of drug-likeness (QED) is 0.412. The van der Waals surface area contributed by atoms with E-state index < -0.39 is 16.1 Å². The summed E-state index contributed by atoms with van der Waals surface area (Å²) in [5, 5.41) is 0.778. The summed E-state index contributed by atoms with van der Waals surface area (Å²) in [5.74, 6) is 0. The Hall–Kier alpha value is -1.31. The van der Waals surface area contributed by atoms with Gasteiger partial charge in [0.25, 0.3) is 0 Å². The molecule has 70 valence electrons. The van der Waals surface area contributed by atoms with Crippen molar-refractivity contribution in [3.63, 3.8) is 0 Å². The maximum atomic E-state index is 10.6. The Kier molecular flexibility index (Phi) is 3.48. The van der Waals surface area contributed by atoms with E-state index in [0.717, 1.165) is 11.3 Å². The normalized spacial score (nSPS) is 10.2. The summed E-state index contributed by atoms with van der Waals surface area (Å²) in [6.45, 7) is 0. The molecule has 0 radical (unpaired) electrons. The van der Waals surface area contributed by atoms with Crippen molar-refractivity contribution in [3.8, 4) is 0 Å². The van der Waals surface area contributed by atoms with E-state index in [1.165, 1.54) is 7.05 Å². The summed E-state index contributed by atoms with van der Waals surface area (Å²) >= 11 is 0. The molecule has 0 bridgehead atoms. The fourth-order valence-electron chi connectivity index (χ4n) is 0.378. The third kappa shape index (κ3) is 5.47. The minimum Gasteiger partial charge on any atom is -0.277 e. The summed E-state index contributed by atoms with van der Waals surface area (Å²) in [7, 11) is -2.32. The SMILES string of the molecule is CN(C=O)NC(=O)NS(C)(=O)=O. The van der Waals surface area contributed by atoms with Gasteiger partial charge in [0, 0.05) is 7.05 Å². The summed E-state index contributed by atoms with van der Waals surface area (Å²) in [6.07, 6.45) is 1.15. The third-order valence-electron chi connectivity index (χ3n) is 0.714. The minimum atomic E-state index is -3.58. The van der Waals surface area contributed by atoms with Gasteiger partial charge in [-0.25, -0.2) is 23.4 Å². The van der Waals surface area contributed by atoms with Crippen LogP contribution in [0.5, 0.6) is 0 Å². The fourth-order valence-corrected chi connectivity index (χ4v) is 0.760. The van der Waals surface area contributed by atoms with Crippen LogP contribution < -0.4 is 10.1 Å². The van der Waals surface area contributed by atoms with E-state index in [0.29, 0.717) is 6.41 Å². The molecule has 0 rings (SSSR count). The molecule has 0 aromatic carbocycles. The lowest BCUT2D eigenvalue weighted by Crippen LogP contribution is -2.46. The molecule has 0 unspecified atom stereocenters. The van der Waals surface area contributed by atoms with Gasteiger partial charge in [0.1, 0.15) is 0 Å². The van der Waals surface area contributed by atoms with Crippen molar-refractivity contribution >= 4 is 22.5 Å². The van der Waals surface area contributed by atoms with Crippen molar-refractivity contribution in [1.82, 2.24) is 15.2 Å². The Morgan fingerprint density at radius 1 is 1.50 bits per heavy atom. The van der Waals surface area contributed by atoms with Gasteiger partial charge >= 0.3 is 6.03 Å². The van der Waals surface area contributed by atoms with Gasteiger partial charge in [0.05, 0.1) is 6.26 Å². The summed E-state index contributed by atoms with van der Waals surface area (Å²) in [6, 6.07) is -0.980. The Bertz CT molecular complexity index is 272. The highest BCUT2D eigenvalue weighted by molar-refractivity contribution is 7.89. The van der Waals surface area contributed by atoms with Crippen LogP contribution in [0.2, 0.25) is 0 Å². The Labute approximate surface area is 69.7 Å². The molecule has 0 spiro atoms. The van der Waals surface area contributed by atoms with Crippen molar-refractivity contribution in [1.29, 1.82) is 0 Å². The van der Waals surface area contributed by atoms with Gasteiger partial charge in [0.2, 0.25) is 16.4 Å². The number of sulfonamides is 1. The van der Waals surface area contributed by atoms with Crippen LogP contribution in [0.15, 0.2) is 0 Å². The first-order valence-corrected chi connectivity index (χ1v) is 4.71. The summed E-state index contributed by atoms with van der Waals surface area (Å²) in [4.78, 5) is 20.6. The van der Waals surface area contributed by atoms with Crippen molar-refractivity contribution in [2.75, 3.05) is 13.3 Å². The maximum absolute atomic E-state index is 10.6. The molecular formula is C4H9N3O4S. The molecule has 0 heterocycles. The maximum Gasteiger partial charge on any atom is 0.347 e.